The standard InChI is InChI=1S/C16H15N2.C5H8O2.Ir/c1-18-12-11-13-7-5-6-10-15(13)17-16(18)14-8-3-2-4-9-14;1-4(6)3-5(2)7;/h2-5,7-8,11-12H,6,10H2,1H3;3,6H,1-2H3;/q-1;;/p+1/b;4-3-;. The number of aliphatic imine (C=N–C) groups is 1. The summed E-state index contributed by atoms with van der Waals surface area (Å²) in [6, 6.07) is 11.2. The molecule has 1 radical (unpaired) electrons. The van der Waals surface area contributed by atoms with Crippen LogP contribution in [-0.2, 0) is 20.1 Å². The summed E-state index contributed by atoms with van der Waals surface area (Å²) in [5.41, 5.74) is 3.43. The third-order valence-electron chi connectivity index (χ3n) is 3.60. The van der Waals surface area contributed by atoms with Crippen LogP contribution in [0.4, 0.5) is 0 Å². The van der Waals surface area contributed by atoms with Gasteiger partial charge in [0.05, 0.1) is 24.6 Å². The second kappa shape index (κ2) is 10.7. The number of nitrogens with zero attached hydrogens (tertiary/aromatic N) is 2. The molecule has 0 bridgehead atoms. The van der Waals surface area contributed by atoms with E-state index in [2.05, 4.69) is 35.4 Å². The molecule has 4 nitrogen and oxygen atoms in total. The summed E-state index contributed by atoms with van der Waals surface area (Å²) in [5.74, 6) is 1.21. The number of amidine groups is 1. The number of hydrogen-bond donors (Lipinski definition) is 1. The molecule has 0 amide bonds. The van der Waals surface area contributed by atoms with E-state index in [1.54, 1.807) is 0 Å². The van der Waals surface area contributed by atoms with E-state index in [0.29, 0.717) is 0 Å². The molecule has 1 aliphatic heterocycles. The quantitative estimate of drug-likeness (QED) is 0.269. The van der Waals surface area contributed by atoms with Gasteiger partial charge in [-0.2, -0.15) is 0 Å². The molecule has 1 aromatic carbocycles. The van der Waals surface area contributed by atoms with Crippen LogP contribution in [0.2, 0.25) is 0 Å². The van der Waals surface area contributed by atoms with Gasteiger partial charge in [0.2, 0.25) is 0 Å². The van der Waals surface area contributed by atoms with Crippen LogP contribution < -0.4 is 0 Å². The Bertz CT molecular complexity index is 770. The van der Waals surface area contributed by atoms with Gasteiger partial charge in [-0.15, -0.1) is 35.9 Å². The van der Waals surface area contributed by atoms with Crippen LogP contribution >= 0.6 is 0 Å². The summed E-state index contributed by atoms with van der Waals surface area (Å²) in [6.45, 7) is 3.00. The van der Waals surface area contributed by atoms with Crippen molar-refractivity contribution in [3.8, 4) is 0 Å². The number of benzene rings is 1. The van der Waals surface area contributed by atoms with E-state index < -0.39 is 0 Å². The van der Waals surface area contributed by atoms with E-state index in [-0.39, 0.29) is 31.6 Å². The van der Waals surface area contributed by atoms with Gasteiger partial charge in [0.25, 0.3) is 0 Å². The average Bonchev–Trinajstić information content (AvgIpc) is 2.74. The predicted octanol–water partition coefficient (Wildman–Crippen LogP) is 4.31. The predicted molar refractivity (Wildman–Crippen MR) is 103 cm³/mol. The Labute approximate surface area is 168 Å². The molecule has 2 N–H and O–H groups in total. The number of aliphatic hydroxyl groups excluding tert-OH is 1. The second-order valence-electron chi connectivity index (χ2n) is 5.91. The molecular formula is C21H24IrN2O2. The maximum atomic E-state index is 8.40. The van der Waals surface area contributed by atoms with Crippen molar-refractivity contribution < 1.29 is 30.0 Å². The number of allylic oxidation sites excluding steroid dienone is 7. The fraction of sp³-hybridized carbons (Fsp3) is 0.238. The number of aliphatic hydroxyl groups is 1. The molecule has 5 heteroatoms. The minimum Gasteiger partial charge on any atom is -0.512 e. The zero-order chi connectivity index (χ0) is 18.2. The SMILES string of the molecule is CC(=[OH+])/C=C(/C)O.CN1C=CC2=C(CCC=C2)N=C1c1[c-]cccc1.[Ir]. The maximum Gasteiger partial charge on any atom is 0.316 e. The Balaban J connectivity index is 0.000000366. The van der Waals surface area contributed by atoms with Gasteiger partial charge in [-0.05, 0) is 37.6 Å². The minimum absolute atomic E-state index is 0. The van der Waals surface area contributed by atoms with Gasteiger partial charge in [0.15, 0.2) is 0 Å². The molecule has 0 saturated carbocycles. The Morgan fingerprint density at radius 1 is 1.31 bits per heavy atom. The van der Waals surface area contributed by atoms with Gasteiger partial charge in [-0.1, -0.05) is 12.2 Å². The number of carbonyl (C=O) groups excluding carboxylic acids is 1. The molecule has 0 atom stereocenters. The molecule has 0 aromatic heterocycles. The van der Waals surface area contributed by atoms with Crippen molar-refractivity contribution in [2.75, 3.05) is 7.05 Å². The maximum absolute atomic E-state index is 8.40. The first-order chi connectivity index (χ1) is 12.0. The zero-order valence-corrected chi connectivity index (χ0v) is 17.6. The van der Waals surface area contributed by atoms with E-state index >= 15 is 0 Å². The minimum atomic E-state index is 0. The topological polar surface area (TPSA) is 57.2 Å². The summed E-state index contributed by atoms with van der Waals surface area (Å²) in [4.78, 5) is 15.3. The second-order valence-corrected chi connectivity index (χ2v) is 5.91. The van der Waals surface area contributed by atoms with Crippen molar-refractivity contribution in [1.82, 2.24) is 4.90 Å². The number of rotatable bonds is 2. The molecule has 1 aliphatic carbocycles. The zero-order valence-electron chi connectivity index (χ0n) is 15.2. The van der Waals surface area contributed by atoms with Crippen molar-refractivity contribution in [2.45, 2.75) is 26.7 Å². The van der Waals surface area contributed by atoms with E-state index in [1.165, 1.54) is 31.2 Å². The molecular weight excluding hydrogens is 504 g/mol. The summed E-state index contributed by atoms with van der Waals surface area (Å²) in [7, 11) is 2.03. The molecule has 1 heterocycles. The normalized spacial score (nSPS) is 15.9. The van der Waals surface area contributed by atoms with Gasteiger partial charge < -0.3 is 10.0 Å². The molecule has 3 rings (SSSR count). The largest absolute Gasteiger partial charge is 0.512 e. The van der Waals surface area contributed by atoms with Crippen molar-refractivity contribution in [2.24, 2.45) is 4.99 Å². The Hall–Kier alpha value is -2.23. The van der Waals surface area contributed by atoms with Crippen LogP contribution in [0.1, 0.15) is 32.3 Å². The number of hydrogen-bond acceptors (Lipinski definition) is 3. The third-order valence-corrected chi connectivity index (χ3v) is 3.60. The van der Waals surface area contributed by atoms with Crippen LogP contribution in [0.25, 0.3) is 0 Å². The van der Waals surface area contributed by atoms with Crippen LogP contribution in [0, 0.1) is 6.07 Å². The van der Waals surface area contributed by atoms with Gasteiger partial charge in [-0.3, -0.25) is 9.79 Å². The van der Waals surface area contributed by atoms with Gasteiger partial charge >= 0.3 is 5.78 Å². The van der Waals surface area contributed by atoms with Gasteiger partial charge in [-0.25, -0.2) is 0 Å². The summed E-state index contributed by atoms with van der Waals surface area (Å²) >= 11 is 0. The van der Waals surface area contributed by atoms with Crippen molar-refractivity contribution in [1.29, 1.82) is 0 Å². The Morgan fingerprint density at radius 2 is 2.08 bits per heavy atom. The van der Waals surface area contributed by atoms with E-state index in [9.17, 15) is 0 Å². The van der Waals surface area contributed by atoms with E-state index in [0.717, 1.165) is 24.2 Å². The van der Waals surface area contributed by atoms with Crippen LogP contribution in [0.15, 0.2) is 76.8 Å². The average molecular weight is 529 g/mol. The summed E-state index contributed by atoms with van der Waals surface area (Å²) in [5, 5.41) is 8.40. The van der Waals surface area contributed by atoms with E-state index in [1.807, 2.05) is 31.3 Å². The van der Waals surface area contributed by atoms with Crippen molar-refractivity contribution in [3.05, 3.63) is 83.4 Å². The molecule has 0 saturated heterocycles. The van der Waals surface area contributed by atoms with Crippen LogP contribution in [0.5, 0.6) is 0 Å². The third kappa shape index (κ3) is 6.58. The van der Waals surface area contributed by atoms with Gasteiger partial charge in [0.1, 0.15) is 0 Å². The van der Waals surface area contributed by atoms with Crippen LogP contribution in [0.3, 0.4) is 0 Å². The van der Waals surface area contributed by atoms with Crippen molar-refractivity contribution in [3.63, 3.8) is 0 Å². The fourth-order valence-corrected chi connectivity index (χ4v) is 2.50. The molecule has 0 spiro atoms. The van der Waals surface area contributed by atoms with Crippen molar-refractivity contribution >= 4 is 11.6 Å². The van der Waals surface area contributed by atoms with E-state index in [4.69, 9.17) is 14.9 Å². The Morgan fingerprint density at radius 3 is 2.65 bits per heavy atom. The monoisotopic (exact) mass is 529 g/mol. The molecule has 2 aliphatic rings. The molecule has 139 valence electrons. The molecule has 26 heavy (non-hydrogen) atoms. The smallest absolute Gasteiger partial charge is 0.316 e. The first-order valence-corrected chi connectivity index (χ1v) is 8.23. The van der Waals surface area contributed by atoms with Gasteiger partial charge in [0, 0.05) is 32.9 Å². The first kappa shape index (κ1) is 21.8. The first-order valence-electron chi connectivity index (χ1n) is 8.23. The Kier molecular flexibility index (Phi) is 8.97. The summed E-state index contributed by atoms with van der Waals surface area (Å²) in [6.07, 6.45) is 11.9. The number of ketones is 1. The molecule has 0 fully saturated rings. The summed E-state index contributed by atoms with van der Waals surface area (Å²) < 4.78 is 0. The molecule has 0 unspecified atom stereocenters. The fourth-order valence-electron chi connectivity index (χ4n) is 2.50. The van der Waals surface area contributed by atoms with Crippen LogP contribution in [-0.4, -0.2) is 33.5 Å². The molecule has 1 aromatic rings.